The molecular formula is C12H12N4OS2. The van der Waals surface area contributed by atoms with E-state index < -0.39 is 0 Å². The Morgan fingerprint density at radius 2 is 2.37 bits per heavy atom. The highest BCUT2D eigenvalue weighted by Crippen LogP contribution is 2.25. The van der Waals surface area contributed by atoms with Crippen LogP contribution in [0.3, 0.4) is 0 Å². The van der Waals surface area contributed by atoms with Crippen LogP contribution in [0, 0.1) is 0 Å². The summed E-state index contributed by atoms with van der Waals surface area (Å²) in [6, 6.07) is 7.83. The number of anilines is 1. The largest absolute Gasteiger partial charge is 0.363 e. The Bertz CT molecular complexity index is 604. The van der Waals surface area contributed by atoms with Gasteiger partial charge >= 0.3 is 0 Å². The van der Waals surface area contributed by atoms with Gasteiger partial charge in [0, 0.05) is 6.54 Å². The highest BCUT2D eigenvalue weighted by Gasteiger charge is 2.11. The summed E-state index contributed by atoms with van der Waals surface area (Å²) in [5.41, 5.74) is 0.914. The van der Waals surface area contributed by atoms with Crippen molar-refractivity contribution in [3.8, 4) is 0 Å². The Balaban J connectivity index is 1.59. The van der Waals surface area contributed by atoms with Crippen LogP contribution < -0.4 is 10.6 Å². The van der Waals surface area contributed by atoms with E-state index in [2.05, 4.69) is 20.6 Å². The van der Waals surface area contributed by atoms with Gasteiger partial charge in [0.25, 0.3) is 0 Å². The number of para-hydroxylation sites is 1. The second kappa shape index (κ2) is 5.58. The lowest BCUT2D eigenvalue weighted by molar-refractivity contribution is -0.113. The number of carbonyl (C=O) groups excluding carboxylic acids is 1. The first kappa shape index (κ1) is 12.4. The van der Waals surface area contributed by atoms with Gasteiger partial charge in [-0.05, 0) is 12.1 Å². The molecule has 0 saturated heterocycles. The molecule has 3 rings (SSSR count). The van der Waals surface area contributed by atoms with Crippen molar-refractivity contribution in [3.63, 3.8) is 0 Å². The van der Waals surface area contributed by atoms with E-state index in [-0.39, 0.29) is 5.91 Å². The molecule has 5 nitrogen and oxygen atoms in total. The van der Waals surface area contributed by atoms with Crippen LogP contribution >= 0.6 is 23.1 Å². The predicted octanol–water partition coefficient (Wildman–Crippen LogP) is 1.93. The van der Waals surface area contributed by atoms with Crippen LogP contribution in [0.4, 0.5) is 5.13 Å². The first-order chi connectivity index (χ1) is 9.31. The van der Waals surface area contributed by atoms with Gasteiger partial charge in [-0.15, -0.1) is 0 Å². The first-order valence-electron chi connectivity index (χ1n) is 5.88. The smallest absolute Gasteiger partial charge is 0.236 e. The molecule has 0 spiro atoms. The molecule has 1 aliphatic rings. The van der Waals surface area contributed by atoms with Crippen LogP contribution in [0.1, 0.15) is 0 Å². The van der Waals surface area contributed by atoms with Gasteiger partial charge in [-0.25, -0.2) is 4.98 Å². The minimum atomic E-state index is -0.0551. The lowest BCUT2D eigenvalue weighted by Gasteiger charge is -2.01. The fraction of sp³-hybridized carbons (Fsp3) is 0.250. The van der Waals surface area contributed by atoms with E-state index in [1.165, 1.54) is 23.1 Å². The molecule has 0 unspecified atom stereocenters. The van der Waals surface area contributed by atoms with Crippen molar-refractivity contribution in [2.45, 2.75) is 0 Å². The van der Waals surface area contributed by atoms with Gasteiger partial charge in [0.1, 0.15) is 0 Å². The third-order valence-corrected chi connectivity index (χ3v) is 4.43. The molecule has 0 atom stereocenters. The van der Waals surface area contributed by atoms with Crippen LogP contribution in [-0.4, -0.2) is 34.9 Å². The Morgan fingerprint density at radius 3 is 3.16 bits per heavy atom. The monoisotopic (exact) mass is 292 g/mol. The number of nitrogens with zero attached hydrogens (tertiary/aromatic N) is 2. The second-order valence-corrected chi connectivity index (χ2v) is 5.93. The summed E-state index contributed by atoms with van der Waals surface area (Å²) in [6.45, 7) is 1.66. The molecular weight excluding hydrogens is 280 g/mol. The van der Waals surface area contributed by atoms with Crippen molar-refractivity contribution in [1.29, 1.82) is 0 Å². The van der Waals surface area contributed by atoms with E-state index in [1.807, 2.05) is 24.3 Å². The molecule has 98 valence electrons. The normalized spacial score (nSPS) is 14.2. The summed E-state index contributed by atoms with van der Waals surface area (Å²) < 4.78 is 1.08. The Labute approximate surface area is 118 Å². The van der Waals surface area contributed by atoms with Gasteiger partial charge in [-0.3, -0.25) is 9.79 Å². The van der Waals surface area contributed by atoms with Crippen LogP contribution in [0.2, 0.25) is 0 Å². The zero-order valence-electron chi connectivity index (χ0n) is 10.0. The quantitative estimate of drug-likeness (QED) is 0.907. The number of fused-ring (bicyclic) bond motifs is 1. The fourth-order valence-corrected chi connectivity index (χ4v) is 3.30. The summed E-state index contributed by atoms with van der Waals surface area (Å²) >= 11 is 2.91. The Morgan fingerprint density at radius 1 is 1.47 bits per heavy atom. The molecule has 0 saturated carbocycles. The Kier molecular flexibility index (Phi) is 3.65. The topological polar surface area (TPSA) is 66.4 Å². The molecule has 2 N–H and O–H groups in total. The summed E-state index contributed by atoms with van der Waals surface area (Å²) in [6.07, 6.45) is 0. The third kappa shape index (κ3) is 3.05. The Hall–Kier alpha value is -1.60. The van der Waals surface area contributed by atoms with Crippen molar-refractivity contribution in [1.82, 2.24) is 10.3 Å². The lowest BCUT2D eigenvalue weighted by Crippen LogP contribution is -2.20. The molecule has 19 heavy (non-hydrogen) atoms. The standard InChI is InChI=1S/C12H12N4OS2/c17-10(7-18-11-13-5-6-14-11)16-12-15-8-3-1-2-4-9(8)19-12/h1-4H,5-7H2,(H,13,14)(H,15,16,17). The van der Waals surface area contributed by atoms with Gasteiger partial charge in [-0.1, -0.05) is 35.2 Å². The number of nitrogens with one attached hydrogen (secondary N) is 2. The molecule has 1 aromatic carbocycles. The molecule has 2 heterocycles. The zero-order valence-corrected chi connectivity index (χ0v) is 11.7. The minimum absolute atomic E-state index is 0.0551. The molecule has 0 fully saturated rings. The number of benzene rings is 1. The van der Waals surface area contributed by atoms with Gasteiger partial charge in [-0.2, -0.15) is 0 Å². The van der Waals surface area contributed by atoms with Crippen molar-refractivity contribution in [2.75, 3.05) is 24.2 Å². The minimum Gasteiger partial charge on any atom is -0.363 e. The maximum atomic E-state index is 11.8. The molecule has 0 aliphatic carbocycles. The predicted molar refractivity (Wildman–Crippen MR) is 81.0 cm³/mol. The molecule has 1 amide bonds. The fourth-order valence-electron chi connectivity index (χ4n) is 1.69. The van der Waals surface area contributed by atoms with E-state index in [0.29, 0.717) is 10.9 Å². The van der Waals surface area contributed by atoms with Crippen LogP contribution in [0.5, 0.6) is 0 Å². The molecule has 0 radical (unpaired) electrons. The van der Waals surface area contributed by atoms with E-state index in [4.69, 9.17) is 0 Å². The highest BCUT2D eigenvalue weighted by molar-refractivity contribution is 8.14. The molecule has 1 aliphatic heterocycles. The van der Waals surface area contributed by atoms with E-state index in [1.54, 1.807) is 0 Å². The number of amides is 1. The third-order valence-electron chi connectivity index (χ3n) is 2.52. The number of aromatic nitrogens is 1. The molecule has 0 bridgehead atoms. The number of carbonyl (C=O) groups is 1. The van der Waals surface area contributed by atoms with Crippen molar-refractivity contribution in [2.24, 2.45) is 4.99 Å². The van der Waals surface area contributed by atoms with E-state index in [9.17, 15) is 4.79 Å². The lowest BCUT2D eigenvalue weighted by atomic mass is 10.3. The average molecular weight is 292 g/mol. The summed E-state index contributed by atoms with van der Waals surface area (Å²) in [7, 11) is 0. The summed E-state index contributed by atoms with van der Waals surface area (Å²) in [4.78, 5) is 20.4. The van der Waals surface area contributed by atoms with E-state index in [0.717, 1.165) is 28.5 Å². The number of aliphatic imine (C=N–C) groups is 1. The van der Waals surface area contributed by atoms with Crippen LogP contribution in [0.15, 0.2) is 29.3 Å². The van der Waals surface area contributed by atoms with Gasteiger partial charge in [0.05, 0.1) is 22.5 Å². The number of thioether (sulfide) groups is 1. The van der Waals surface area contributed by atoms with Gasteiger partial charge in [0.15, 0.2) is 10.3 Å². The van der Waals surface area contributed by atoms with Crippen molar-refractivity contribution < 1.29 is 4.79 Å². The molecule has 1 aromatic heterocycles. The summed E-state index contributed by atoms with van der Waals surface area (Å²) in [5, 5.41) is 7.43. The summed E-state index contributed by atoms with van der Waals surface area (Å²) in [5.74, 6) is 0.294. The van der Waals surface area contributed by atoms with Crippen molar-refractivity contribution in [3.05, 3.63) is 24.3 Å². The highest BCUT2D eigenvalue weighted by atomic mass is 32.2. The maximum Gasteiger partial charge on any atom is 0.236 e. The van der Waals surface area contributed by atoms with Crippen molar-refractivity contribution >= 4 is 49.5 Å². The van der Waals surface area contributed by atoms with E-state index >= 15 is 0 Å². The number of rotatable bonds is 3. The second-order valence-electron chi connectivity index (χ2n) is 3.94. The number of hydrogen-bond acceptors (Lipinski definition) is 6. The SMILES string of the molecule is O=C(CSC1=NCCN1)Nc1nc2ccccc2s1. The number of amidine groups is 1. The van der Waals surface area contributed by atoms with Crippen LogP contribution in [-0.2, 0) is 4.79 Å². The zero-order chi connectivity index (χ0) is 13.1. The molecule has 7 heteroatoms. The first-order valence-corrected chi connectivity index (χ1v) is 7.68. The van der Waals surface area contributed by atoms with Gasteiger partial charge < -0.3 is 10.6 Å². The number of hydrogen-bond donors (Lipinski definition) is 2. The van der Waals surface area contributed by atoms with Crippen LogP contribution in [0.25, 0.3) is 10.2 Å². The molecule has 2 aromatic rings. The number of thiazole rings is 1. The maximum absolute atomic E-state index is 11.8. The van der Waals surface area contributed by atoms with Gasteiger partial charge in [0.2, 0.25) is 5.91 Å². The average Bonchev–Trinajstić information content (AvgIpc) is 3.04.